The average Bonchev–Trinajstić information content (AvgIpc) is 3.66. The van der Waals surface area contributed by atoms with Gasteiger partial charge in [-0.05, 0) is 23.3 Å². The van der Waals surface area contributed by atoms with Crippen molar-refractivity contribution in [2.24, 2.45) is 0 Å². The molecule has 0 amide bonds. The zero-order valence-electron chi connectivity index (χ0n) is 22.8. The van der Waals surface area contributed by atoms with Crippen LogP contribution in [0.15, 0.2) is 167 Å². The van der Waals surface area contributed by atoms with Crippen molar-refractivity contribution in [3.63, 3.8) is 0 Å². The molecule has 0 N–H and O–H groups in total. The van der Waals surface area contributed by atoms with E-state index in [2.05, 4.69) is 121 Å². The fourth-order valence-electron chi connectivity index (χ4n) is 5.90. The fourth-order valence-corrected chi connectivity index (χ4v) is 5.90. The molecule has 2 heteroatoms. The van der Waals surface area contributed by atoms with Crippen molar-refractivity contribution in [2.45, 2.75) is 0 Å². The summed E-state index contributed by atoms with van der Waals surface area (Å²) in [4.78, 5) is 0. The predicted molar refractivity (Wildman–Crippen MR) is 173 cm³/mol. The lowest BCUT2D eigenvalue weighted by molar-refractivity contribution is 0.601. The summed E-state index contributed by atoms with van der Waals surface area (Å²) in [6.45, 7) is 0. The summed E-state index contributed by atoms with van der Waals surface area (Å²) < 4.78 is 13.2. The van der Waals surface area contributed by atoms with Crippen LogP contribution < -0.4 is 0 Å². The minimum atomic E-state index is 0.881. The highest BCUT2D eigenvalue weighted by Gasteiger charge is 2.18. The van der Waals surface area contributed by atoms with Gasteiger partial charge in [-0.25, -0.2) is 0 Å². The van der Waals surface area contributed by atoms with Crippen LogP contribution in [0.4, 0.5) is 0 Å². The number of fused-ring (bicyclic) bond motifs is 2. The lowest BCUT2D eigenvalue weighted by atomic mass is 9.97. The smallest absolute Gasteiger partial charge is 0.142 e. The molecule has 0 aliphatic rings. The normalized spacial score (nSPS) is 11.3. The lowest BCUT2D eigenvalue weighted by Crippen LogP contribution is -1.83. The number of rotatable bonds is 5. The van der Waals surface area contributed by atoms with E-state index in [9.17, 15) is 0 Å². The largest absolute Gasteiger partial charge is 0.455 e. The maximum Gasteiger partial charge on any atom is 0.142 e. The Hall–Kier alpha value is -5.60. The van der Waals surface area contributed by atoms with E-state index < -0.39 is 0 Å². The summed E-state index contributed by atoms with van der Waals surface area (Å²) in [7, 11) is 0. The number of hydrogen-bond acceptors (Lipinski definition) is 2. The van der Waals surface area contributed by atoms with E-state index in [1.165, 1.54) is 0 Å². The summed E-state index contributed by atoms with van der Waals surface area (Å²) >= 11 is 0. The molecular formula is C40H26O2. The van der Waals surface area contributed by atoms with Crippen LogP contribution in [0.3, 0.4) is 0 Å². The van der Waals surface area contributed by atoms with Crippen molar-refractivity contribution in [2.75, 3.05) is 0 Å². The summed E-state index contributed by atoms with van der Waals surface area (Å²) in [5, 5.41) is 4.45. The van der Waals surface area contributed by atoms with Gasteiger partial charge in [-0.2, -0.15) is 0 Å². The predicted octanol–water partition coefficient (Wildman–Crippen LogP) is 11.5. The van der Waals surface area contributed by atoms with E-state index in [1.54, 1.807) is 0 Å². The van der Waals surface area contributed by atoms with Gasteiger partial charge in [0.15, 0.2) is 0 Å². The van der Waals surface area contributed by atoms with E-state index in [0.717, 1.165) is 78.0 Å². The van der Waals surface area contributed by atoms with Crippen LogP contribution in [0.25, 0.3) is 78.0 Å². The topological polar surface area (TPSA) is 26.3 Å². The van der Waals surface area contributed by atoms with Crippen LogP contribution in [0.5, 0.6) is 0 Å². The van der Waals surface area contributed by atoms with Gasteiger partial charge in [0.2, 0.25) is 0 Å². The van der Waals surface area contributed by atoms with Gasteiger partial charge >= 0.3 is 0 Å². The Morgan fingerprint density at radius 1 is 0.238 bits per heavy atom. The monoisotopic (exact) mass is 538 g/mol. The Morgan fingerprint density at radius 3 is 0.905 bits per heavy atom. The SMILES string of the molecule is c1ccc(-c2oc(-c3cccc(-c4cccc(-c5oc(-c6ccccc6)c6ccccc56)c4)c3)c3ccccc23)cc1. The second kappa shape index (κ2) is 10.1. The maximum atomic E-state index is 6.60. The average molecular weight is 539 g/mol. The molecule has 0 saturated carbocycles. The molecule has 6 aromatic carbocycles. The Balaban J connectivity index is 1.23. The minimum Gasteiger partial charge on any atom is -0.455 e. The second-order valence-corrected chi connectivity index (χ2v) is 10.5. The summed E-state index contributed by atoms with van der Waals surface area (Å²) in [6, 6.07) is 54.6. The van der Waals surface area contributed by atoms with E-state index in [-0.39, 0.29) is 0 Å². The summed E-state index contributed by atoms with van der Waals surface area (Å²) in [6.07, 6.45) is 0. The molecule has 0 aliphatic carbocycles. The first-order chi connectivity index (χ1) is 20.8. The quantitative estimate of drug-likeness (QED) is 0.218. The summed E-state index contributed by atoms with van der Waals surface area (Å²) in [5.74, 6) is 3.55. The maximum absolute atomic E-state index is 6.60. The van der Waals surface area contributed by atoms with Gasteiger partial charge in [0.25, 0.3) is 0 Å². The highest BCUT2D eigenvalue weighted by Crippen LogP contribution is 2.42. The number of hydrogen-bond donors (Lipinski definition) is 0. The van der Waals surface area contributed by atoms with Crippen LogP contribution in [0.1, 0.15) is 0 Å². The van der Waals surface area contributed by atoms with Crippen LogP contribution in [-0.2, 0) is 0 Å². The van der Waals surface area contributed by atoms with Gasteiger partial charge in [0.05, 0.1) is 0 Å². The van der Waals surface area contributed by atoms with Crippen LogP contribution >= 0.6 is 0 Å². The highest BCUT2D eigenvalue weighted by atomic mass is 16.3. The Morgan fingerprint density at radius 2 is 0.524 bits per heavy atom. The van der Waals surface area contributed by atoms with Crippen molar-refractivity contribution in [3.8, 4) is 56.4 Å². The van der Waals surface area contributed by atoms with Crippen molar-refractivity contribution >= 4 is 21.5 Å². The molecule has 42 heavy (non-hydrogen) atoms. The molecular weight excluding hydrogens is 512 g/mol. The number of furan rings is 2. The molecule has 198 valence electrons. The minimum absolute atomic E-state index is 0.881. The van der Waals surface area contributed by atoms with E-state index >= 15 is 0 Å². The molecule has 0 fully saturated rings. The highest BCUT2D eigenvalue weighted by molar-refractivity contribution is 6.04. The Kier molecular flexibility index (Phi) is 5.82. The third-order valence-electron chi connectivity index (χ3n) is 7.90. The molecule has 0 radical (unpaired) electrons. The standard InChI is InChI=1S/C40H26O2/c1-3-13-27(14-4-1)37-33-21-7-9-23-35(33)39(41-37)31-19-11-17-29(25-31)30-18-12-20-32(26-30)40-36-24-10-8-22-34(36)38(42-40)28-15-5-2-6-16-28/h1-26H. The number of benzene rings is 6. The summed E-state index contributed by atoms with van der Waals surface area (Å²) in [5.41, 5.74) is 6.48. The van der Waals surface area contributed by atoms with Gasteiger partial charge in [-0.15, -0.1) is 0 Å². The van der Waals surface area contributed by atoms with E-state index in [4.69, 9.17) is 8.83 Å². The molecule has 0 bridgehead atoms. The van der Waals surface area contributed by atoms with Gasteiger partial charge < -0.3 is 8.83 Å². The zero-order chi connectivity index (χ0) is 27.9. The molecule has 0 saturated heterocycles. The van der Waals surface area contributed by atoms with Crippen LogP contribution in [-0.4, -0.2) is 0 Å². The molecule has 2 aromatic heterocycles. The van der Waals surface area contributed by atoms with Crippen LogP contribution in [0.2, 0.25) is 0 Å². The third kappa shape index (κ3) is 4.13. The Labute approximate surface area is 244 Å². The van der Waals surface area contributed by atoms with Crippen molar-refractivity contribution in [1.29, 1.82) is 0 Å². The molecule has 0 unspecified atom stereocenters. The molecule has 2 heterocycles. The van der Waals surface area contributed by atoms with E-state index in [1.807, 2.05) is 36.4 Å². The molecule has 0 spiro atoms. The first-order valence-electron chi connectivity index (χ1n) is 14.2. The molecule has 0 atom stereocenters. The first kappa shape index (κ1) is 24.2. The molecule has 8 aromatic rings. The van der Waals surface area contributed by atoms with Crippen molar-refractivity contribution < 1.29 is 8.83 Å². The van der Waals surface area contributed by atoms with Gasteiger partial charge in [0.1, 0.15) is 23.0 Å². The Bertz CT molecular complexity index is 2020. The van der Waals surface area contributed by atoms with E-state index in [0.29, 0.717) is 0 Å². The molecule has 0 aliphatic heterocycles. The molecule has 2 nitrogen and oxygen atoms in total. The van der Waals surface area contributed by atoms with Gasteiger partial charge in [-0.3, -0.25) is 0 Å². The second-order valence-electron chi connectivity index (χ2n) is 10.5. The van der Waals surface area contributed by atoms with Crippen molar-refractivity contribution in [1.82, 2.24) is 0 Å². The third-order valence-corrected chi connectivity index (χ3v) is 7.90. The van der Waals surface area contributed by atoms with Crippen molar-refractivity contribution in [3.05, 3.63) is 158 Å². The zero-order valence-corrected chi connectivity index (χ0v) is 22.8. The first-order valence-corrected chi connectivity index (χ1v) is 14.2. The van der Waals surface area contributed by atoms with Gasteiger partial charge in [0, 0.05) is 43.8 Å². The van der Waals surface area contributed by atoms with Gasteiger partial charge in [-0.1, -0.05) is 146 Å². The fraction of sp³-hybridized carbons (Fsp3) is 0. The lowest BCUT2D eigenvalue weighted by Gasteiger charge is -2.07. The van der Waals surface area contributed by atoms with Crippen LogP contribution in [0, 0.1) is 0 Å². The molecule has 8 rings (SSSR count).